The van der Waals surface area contributed by atoms with Crippen molar-refractivity contribution < 1.29 is 15.0 Å². The fourth-order valence-corrected chi connectivity index (χ4v) is 1.77. The molecule has 0 aromatic rings. The Hall–Kier alpha value is -0.650. The van der Waals surface area contributed by atoms with E-state index in [0.717, 1.165) is 19.3 Å². The van der Waals surface area contributed by atoms with Gasteiger partial charge in [-0.3, -0.25) is 4.79 Å². The summed E-state index contributed by atoms with van der Waals surface area (Å²) in [6.45, 7) is 0.917. The van der Waals surface area contributed by atoms with Gasteiger partial charge in [0.25, 0.3) is 0 Å². The molecule has 14 heavy (non-hydrogen) atoms. The Morgan fingerprint density at radius 3 is 2.79 bits per heavy atom. The lowest BCUT2D eigenvalue weighted by Gasteiger charge is -2.16. The third kappa shape index (κ3) is 3.25. The van der Waals surface area contributed by atoms with Gasteiger partial charge in [-0.25, -0.2) is 0 Å². The molecule has 3 unspecified atom stereocenters. The first-order valence-electron chi connectivity index (χ1n) is 4.98. The molecule has 0 spiro atoms. The summed E-state index contributed by atoms with van der Waals surface area (Å²) in [6, 6.07) is -0.853. The van der Waals surface area contributed by atoms with Crippen LogP contribution < -0.4 is 11.1 Å². The molecular formula is C9H18N2O3. The van der Waals surface area contributed by atoms with Crippen LogP contribution in [0.1, 0.15) is 19.3 Å². The number of aliphatic hydroxyl groups is 1. The van der Waals surface area contributed by atoms with Crippen molar-refractivity contribution in [3.63, 3.8) is 0 Å². The van der Waals surface area contributed by atoms with E-state index in [9.17, 15) is 9.90 Å². The summed E-state index contributed by atoms with van der Waals surface area (Å²) in [6.07, 6.45) is 2.69. The topological polar surface area (TPSA) is 95.6 Å². The van der Waals surface area contributed by atoms with Gasteiger partial charge in [-0.1, -0.05) is 6.42 Å². The minimum atomic E-state index is -0.996. The smallest absolute Gasteiger partial charge is 0.321 e. The highest BCUT2D eigenvalue weighted by Gasteiger charge is 2.24. The number of nitrogens with two attached hydrogens (primary N) is 1. The van der Waals surface area contributed by atoms with Crippen LogP contribution in [0.4, 0.5) is 0 Å². The predicted octanol–water partition coefficient (Wildman–Crippen LogP) is -0.851. The summed E-state index contributed by atoms with van der Waals surface area (Å²) in [5, 5.41) is 21.0. The van der Waals surface area contributed by atoms with Crippen molar-refractivity contribution in [2.24, 2.45) is 11.7 Å². The van der Waals surface area contributed by atoms with E-state index in [1.165, 1.54) is 0 Å². The molecule has 0 aromatic carbocycles. The third-order valence-electron chi connectivity index (χ3n) is 2.71. The van der Waals surface area contributed by atoms with Gasteiger partial charge < -0.3 is 21.3 Å². The highest BCUT2D eigenvalue weighted by Crippen LogP contribution is 2.24. The molecule has 0 radical (unpaired) electrons. The van der Waals surface area contributed by atoms with Gasteiger partial charge in [0.15, 0.2) is 0 Å². The molecule has 0 heterocycles. The van der Waals surface area contributed by atoms with E-state index < -0.39 is 12.0 Å². The third-order valence-corrected chi connectivity index (χ3v) is 2.71. The van der Waals surface area contributed by atoms with Crippen LogP contribution in [0.15, 0.2) is 0 Å². The number of hydrogen-bond donors (Lipinski definition) is 4. The molecule has 5 heteroatoms. The van der Waals surface area contributed by atoms with E-state index in [4.69, 9.17) is 10.8 Å². The minimum Gasteiger partial charge on any atom is -0.480 e. The van der Waals surface area contributed by atoms with Gasteiger partial charge in [-0.2, -0.15) is 0 Å². The minimum absolute atomic E-state index is 0.233. The summed E-state index contributed by atoms with van der Waals surface area (Å²) >= 11 is 0. The number of rotatable bonds is 5. The van der Waals surface area contributed by atoms with Crippen LogP contribution in [0.2, 0.25) is 0 Å². The molecule has 5 nitrogen and oxygen atoms in total. The average molecular weight is 202 g/mol. The van der Waals surface area contributed by atoms with Gasteiger partial charge in [-0.05, 0) is 18.8 Å². The summed E-state index contributed by atoms with van der Waals surface area (Å²) in [5.41, 5.74) is 5.31. The standard InChI is InChI=1S/C9H18N2O3/c10-7(9(13)14)5-11-4-6-2-1-3-8(6)12/h6-8,11-12H,1-5,10H2,(H,13,14). The molecule has 1 rings (SSSR count). The second-order valence-corrected chi connectivity index (χ2v) is 3.86. The molecule has 1 aliphatic rings. The Morgan fingerprint density at radius 1 is 1.57 bits per heavy atom. The van der Waals surface area contributed by atoms with Crippen molar-refractivity contribution in [1.82, 2.24) is 5.32 Å². The molecule has 1 saturated carbocycles. The van der Waals surface area contributed by atoms with Crippen molar-refractivity contribution in [2.45, 2.75) is 31.4 Å². The fraction of sp³-hybridized carbons (Fsp3) is 0.889. The molecule has 5 N–H and O–H groups in total. The van der Waals surface area contributed by atoms with Crippen LogP contribution in [-0.4, -0.2) is 41.4 Å². The van der Waals surface area contributed by atoms with Crippen LogP contribution in [0.5, 0.6) is 0 Å². The molecule has 0 aromatic heterocycles. The zero-order chi connectivity index (χ0) is 10.6. The van der Waals surface area contributed by atoms with Gasteiger partial charge in [0.05, 0.1) is 6.10 Å². The van der Waals surface area contributed by atoms with Crippen LogP contribution in [-0.2, 0) is 4.79 Å². The highest BCUT2D eigenvalue weighted by atomic mass is 16.4. The number of hydrogen-bond acceptors (Lipinski definition) is 4. The zero-order valence-electron chi connectivity index (χ0n) is 8.15. The molecule has 3 atom stereocenters. The van der Waals surface area contributed by atoms with Gasteiger partial charge >= 0.3 is 5.97 Å². The van der Waals surface area contributed by atoms with Gasteiger partial charge in [0, 0.05) is 13.1 Å². The Labute approximate surface area is 83.3 Å². The van der Waals surface area contributed by atoms with Crippen LogP contribution in [0, 0.1) is 5.92 Å². The maximum Gasteiger partial charge on any atom is 0.321 e. The molecular weight excluding hydrogens is 184 g/mol. The predicted molar refractivity (Wildman–Crippen MR) is 51.8 cm³/mol. The van der Waals surface area contributed by atoms with E-state index in [1.54, 1.807) is 0 Å². The lowest BCUT2D eigenvalue weighted by Crippen LogP contribution is -2.42. The second kappa shape index (κ2) is 5.29. The number of carboxylic acids is 1. The SMILES string of the molecule is NC(CNCC1CCCC1O)C(=O)O. The normalized spacial score (nSPS) is 29.0. The molecule has 0 saturated heterocycles. The van der Waals surface area contributed by atoms with E-state index in [2.05, 4.69) is 5.32 Å². The molecule has 1 fully saturated rings. The Kier molecular flexibility index (Phi) is 4.31. The van der Waals surface area contributed by atoms with Crippen molar-refractivity contribution in [2.75, 3.05) is 13.1 Å². The quantitative estimate of drug-likeness (QED) is 0.466. The van der Waals surface area contributed by atoms with Crippen LogP contribution in [0.25, 0.3) is 0 Å². The van der Waals surface area contributed by atoms with Crippen LogP contribution in [0.3, 0.4) is 0 Å². The number of aliphatic carboxylic acids is 1. The van der Waals surface area contributed by atoms with Crippen LogP contribution >= 0.6 is 0 Å². The average Bonchev–Trinajstić information content (AvgIpc) is 2.51. The maximum absolute atomic E-state index is 10.4. The molecule has 0 bridgehead atoms. The number of aliphatic hydroxyl groups excluding tert-OH is 1. The van der Waals surface area contributed by atoms with E-state index in [0.29, 0.717) is 6.54 Å². The first kappa shape index (κ1) is 11.4. The Morgan fingerprint density at radius 2 is 2.29 bits per heavy atom. The first-order chi connectivity index (χ1) is 6.61. The largest absolute Gasteiger partial charge is 0.480 e. The monoisotopic (exact) mass is 202 g/mol. The number of nitrogens with one attached hydrogen (secondary N) is 1. The van der Waals surface area contributed by atoms with Crippen molar-refractivity contribution in [1.29, 1.82) is 0 Å². The first-order valence-corrected chi connectivity index (χ1v) is 4.98. The summed E-state index contributed by atoms with van der Waals surface area (Å²) in [4.78, 5) is 10.4. The molecule has 0 amide bonds. The summed E-state index contributed by atoms with van der Waals surface area (Å²) < 4.78 is 0. The summed E-state index contributed by atoms with van der Waals surface area (Å²) in [5.74, 6) is -0.736. The van der Waals surface area contributed by atoms with E-state index in [1.807, 2.05) is 0 Å². The maximum atomic E-state index is 10.4. The van der Waals surface area contributed by atoms with Gasteiger partial charge in [-0.15, -0.1) is 0 Å². The Balaban J connectivity index is 2.11. The van der Waals surface area contributed by atoms with Crippen molar-refractivity contribution >= 4 is 5.97 Å². The summed E-state index contributed by atoms with van der Waals surface area (Å²) in [7, 11) is 0. The molecule has 82 valence electrons. The van der Waals surface area contributed by atoms with Gasteiger partial charge in [0.1, 0.15) is 6.04 Å². The van der Waals surface area contributed by atoms with Gasteiger partial charge in [0.2, 0.25) is 0 Å². The second-order valence-electron chi connectivity index (χ2n) is 3.86. The zero-order valence-corrected chi connectivity index (χ0v) is 8.15. The Bertz CT molecular complexity index is 198. The molecule has 0 aliphatic heterocycles. The lowest BCUT2D eigenvalue weighted by atomic mass is 10.1. The number of carbonyl (C=O) groups is 1. The van der Waals surface area contributed by atoms with E-state index in [-0.39, 0.29) is 18.6 Å². The van der Waals surface area contributed by atoms with Crippen molar-refractivity contribution in [3.8, 4) is 0 Å². The molecule has 1 aliphatic carbocycles. The lowest BCUT2D eigenvalue weighted by molar-refractivity contribution is -0.138. The fourth-order valence-electron chi connectivity index (χ4n) is 1.77. The van der Waals surface area contributed by atoms with E-state index >= 15 is 0 Å². The number of carboxylic acid groups (broad SMARTS) is 1. The highest BCUT2D eigenvalue weighted by molar-refractivity contribution is 5.73. The van der Waals surface area contributed by atoms with Crippen molar-refractivity contribution in [3.05, 3.63) is 0 Å².